The van der Waals surface area contributed by atoms with Crippen LogP contribution in [0.3, 0.4) is 0 Å². The molecule has 0 amide bonds. The molecule has 1 fully saturated rings. The molecule has 4 heteroatoms. The van der Waals surface area contributed by atoms with E-state index in [0.717, 1.165) is 38.0 Å². The van der Waals surface area contributed by atoms with E-state index in [2.05, 4.69) is 36.3 Å². The van der Waals surface area contributed by atoms with Gasteiger partial charge in [0.25, 0.3) is 0 Å². The molecule has 4 nitrogen and oxygen atoms in total. The Kier molecular flexibility index (Phi) is 5.23. The SMILES string of the molecule is CCOC(=O)C1(Nc2ccc(C)cc2)CCCN(C)CC1. The summed E-state index contributed by atoms with van der Waals surface area (Å²) in [6.07, 6.45) is 2.58. The van der Waals surface area contributed by atoms with Crippen molar-refractivity contribution in [1.82, 2.24) is 4.90 Å². The van der Waals surface area contributed by atoms with Crippen LogP contribution in [0.15, 0.2) is 24.3 Å². The molecule has 0 bridgehead atoms. The summed E-state index contributed by atoms with van der Waals surface area (Å²) in [7, 11) is 2.10. The molecule has 2 rings (SSSR count). The van der Waals surface area contributed by atoms with Crippen LogP contribution in [-0.4, -0.2) is 43.2 Å². The maximum Gasteiger partial charge on any atom is 0.331 e. The summed E-state index contributed by atoms with van der Waals surface area (Å²) in [4.78, 5) is 14.8. The number of carbonyl (C=O) groups is 1. The summed E-state index contributed by atoms with van der Waals surface area (Å²) in [5.74, 6) is -0.124. The zero-order chi connectivity index (χ0) is 15.3. The van der Waals surface area contributed by atoms with Crippen molar-refractivity contribution in [1.29, 1.82) is 0 Å². The van der Waals surface area contributed by atoms with E-state index in [1.807, 2.05) is 19.1 Å². The van der Waals surface area contributed by atoms with E-state index in [9.17, 15) is 4.79 Å². The van der Waals surface area contributed by atoms with Crippen LogP contribution in [0.1, 0.15) is 31.7 Å². The maximum atomic E-state index is 12.5. The van der Waals surface area contributed by atoms with E-state index in [0.29, 0.717) is 6.61 Å². The van der Waals surface area contributed by atoms with E-state index in [1.165, 1.54) is 5.56 Å². The van der Waals surface area contributed by atoms with Crippen LogP contribution < -0.4 is 5.32 Å². The zero-order valence-corrected chi connectivity index (χ0v) is 13.3. The minimum absolute atomic E-state index is 0.124. The molecule has 0 radical (unpaired) electrons. The Bertz CT molecular complexity index is 472. The first-order valence-electron chi connectivity index (χ1n) is 7.76. The normalized spacial score (nSPS) is 23.4. The van der Waals surface area contributed by atoms with Crippen LogP contribution >= 0.6 is 0 Å². The fraction of sp³-hybridized carbons (Fsp3) is 0.588. The van der Waals surface area contributed by atoms with Crippen molar-refractivity contribution >= 4 is 11.7 Å². The van der Waals surface area contributed by atoms with E-state index >= 15 is 0 Å². The summed E-state index contributed by atoms with van der Waals surface area (Å²) >= 11 is 0. The van der Waals surface area contributed by atoms with Gasteiger partial charge >= 0.3 is 5.97 Å². The van der Waals surface area contributed by atoms with Gasteiger partial charge < -0.3 is 15.0 Å². The highest BCUT2D eigenvalue weighted by molar-refractivity contribution is 5.84. The van der Waals surface area contributed by atoms with Gasteiger partial charge in [-0.1, -0.05) is 17.7 Å². The van der Waals surface area contributed by atoms with Gasteiger partial charge in [0.1, 0.15) is 5.54 Å². The molecule has 1 atom stereocenters. The fourth-order valence-corrected chi connectivity index (χ4v) is 2.83. The third-order valence-electron chi connectivity index (χ3n) is 4.17. The zero-order valence-electron chi connectivity index (χ0n) is 13.3. The predicted octanol–water partition coefficient (Wildman–Crippen LogP) is 2.82. The van der Waals surface area contributed by atoms with Crippen molar-refractivity contribution in [3.8, 4) is 0 Å². The van der Waals surface area contributed by atoms with Crippen LogP contribution in [-0.2, 0) is 9.53 Å². The summed E-state index contributed by atoms with van der Waals surface area (Å²) in [5, 5.41) is 3.47. The molecule has 1 aromatic carbocycles. The Labute approximate surface area is 127 Å². The highest BCUT2D eigenvalue weighted by Gasteiger charge is 2.40. The Hall–Kier alpha value is -1.55. The largest absolute Gasteiger partial charge is 0.464 e. The summed E-state index contributed by atoms with van der Waals surface area (Å²) in [5.41, 5.74) is 1.60. The second-order valence-electron chi connectivity index (χ2n) is 5.95. The van der Waals surface area contributed by atoms with Crippen molar-refractivity contribution in [2.75, 3.05) is 32.1 Å². The molecule has 21 heavy (non-hydrogen) atoms. The molecule has 116 valence electrons. The van der Waals surface area contributed by atoms with Crippen LogP contribution in [0.5, 0.6) is 0 Å². The first kappa shape index (κ1) is 15.8. The van der Waals surface area contributed by atoms with Gasteiger partial charge in [0.2, 0.25) is 0 Å². The number of nitrogens with zero attached hydrogens (tertiary/aromatic N) is 1. The monoisotopic (exact) mass is 290 g/mol. The second kappa shape index (κ2) is 6.94. The molecular formula is C17H26N2O2. The smallest absolute Gasteiger partial charge is 0.331 e. The Morgan fingerprint density at radius 1 is 1.29 bits per heavy atom. The number of benzene rings is 1. The van der Waals surface area contributed by atoms with Gasteiger partial charge in [0.05, 0.1) is 6.61 Å². The molecule has 0 aromatic heterocycles. The maximum absolute atomic E-state index is 12.5. The van der Waals surface area contributed by atoms with E-state index in [4.69, 9.17) is 4.74 Å². The number of hydrogen-bond acceptors (Lipinski definition) is 4. The lowest BCUT2D eigenvalue weighted by atomic mass is 9.90. The van der Waals surface area contributed by atoms with Gasteiger partial charge in [0, 0.05) is 12.2 Å². The van der Waals surface area contributed by atoms with Crippen molar-refractivity contribution in [3.63, 3.8) is 0 Å². The number of carbonyl (C=O) groups excluding carboxylic acids is 1. The second-order valence-corrected chi connectivity index (χ2v) is 5.95. The Balaban J connectivity index is 2.22. The molecule has 1 heterocycles. The van der Waals surface area contributed by atoms with E-state index in [1.54, 1.807) is 0 Å². The summed E-state index contributed by atoms with van der Waals surface area (Å²) in [6, 6.07) is 8.18. The standard InChI is InChI=1S/C17H26N2O2/c1-4-21-16(20)17(10-5-12-19(3)13-11-17)18-15-8-6-14(2)7-9-15/h6-9,18H,4-5,10-13H2,1-3H3. The molecule has 1 saturated heterocycles. The third kappa shape index (κ3) is 3.97. The van der Waals surface area contributed by atoms with Gasteiger partial charge in [0.15, 0.2) is 0 Å². The van der Waals surface area contributed by atoms with Gasteiger partial charge in [-0.05, 0) is 58.8 Å². The first-order valence-corrected chi connectivity index (χ1v) is 7.76. The molecule has 0 spiro atoms. The molecule has 0 saturated carbocycles. The number of esters is 1. The average Bonchev–Trinajstić information content (AvgIpc) is 2.65. The number of nitrogens with one attached hydrogen (secondary N) is 1. The highest BCUT2D eigenvalue weighted by Crippen LogP contribution is 2.28. The summed E-state index contributed by atoms with van der Waals surface area (Å²) < 4.78 is 5.35. The van der Waals surface area contributed by atoms with Gasteiger partial charge in [-0.25, -0.2) is 4.79 Å². The van der Waals surface area contributed by atoms with E-state index in [-0.39, 0.29) is 5.97 Å². The topological polar surface area (TPSA) is 41.6 Å². The lowest BCUT2D eigenvalue weighted by Gasteiger charge is -2.32. The van der Waals surface area contributed by atoms with Crippen LogP contribution in [0.4, 0.5) is 5.69 Å². The molecule has 1 aromatic rings. The molecule has 1 aliphatic rings. The molecular weight excluding hydrogens is 264 g/mol. The lowest BCUT2D eigenvalue weighted by Crippen LogP contribution is -2.48. The number of aryl methyl sites for hydroxylation is 1. The van der Waals surface area contributed by atoms with Crippen molar-refractivity contribution in [2.24, 2.45) is 0 Å². The fourth-order valence-electron chi connectivity index (χ4n) is 2.83. The Morgan fingerprint density at radius 2 is 2.00 bits per heavy atom. The lowest BCUT2D eigenvalue weighted by molar-refractivity contribution is -0.149. The molecule has 1 N–H and O–H groups in total. The van der Waals surface area contributed by atoms with Crippen molar-refractivity contribution in [2.45, 2.75) is 38.6 Å². The van der Waals surface area contributed by atoms with E-state index < -0.39 is 5.54 Å². The van der Waals surface area contributed by atoms with Crippen molar-refractivity contribution < 1.29 is 9.53 Å². The average molecular weight is 290 g/mol. The molecule has 1 aliphatic heterocycles. The predicted molar refractivity (Wildman–Crippen MR) is 85.5 cm³/mol. The number of likely N-dealkylation sites (tertiary alicyclic amines) is 1. The number of anilines is 1. The van der Waals surface area contributed by atoms with Crippen LogP contribution in [0.25, 0.3) is 0 Å². The minimum atomic E-state index is -0.601. The number of ether oxygens (including phenoxy) is 1. The molecule has 1 unspecified atom stereocenters. The highest BCUT2D eigenvalue weighted by atomic mass is 16.5. The Morgan fingerprint density at radius 3 is 2.67 bits per heavy atom. The third-order valence-corrected chi connectivity index (χ3v) is 4.17. The van der Waals surface area contributed by atoms with Crippen LogP contribution in [0, 0.1) is 6.92 Å². The number of hydrogen-bond donors (Lipinski definition) is 1. The number of rotatable bonds is 4. The first-order chi connectivity index (χ1) is 10.1. The summed E-state index contributed by atoms with van der Waals surface area (Å²) in [6.45, 7) is 6.27. The van der Waals surface area contributed by atoms with Gasteiger partial charge in [-0.2, -0.15) is 0 Å². The van der Waals surface area contributed by atoms with Gasteiger partial charge in [-0.3, -0.25) is 0 Å². The van der Waals surface area contributed by atoms with Crippen molar-refractivity contribution in [3.05, 3.63) is 29.8 Å². The minimum Gasteiger partial charge on any atom is -0.464 e. The quantitative estimate of drug-likeness (QED) is 0.866. The molecule has 0 aliphatic carbocycles. The van der Waals surface area contributed by atoms with Gasteiger partial charge in [-0.15, -0.1) is 0 Å². The van der Waals surface area contributed by atoms with Crippen LogP contribution in [0.2, 0.25) is 0 Å².